The summed E-state index contributed by atoms with van der Waals surface area (Å²) in [6, 6.07) is 10.2. The Balaban J connectivity index is 2.10. The minimum absolute atomic E-state index is 0.0124. The second-order valence-electron chi connectivity index (χ2n) is 8.85. The smallest absolute Gasteiger partial charge is 0.388 e. The molecule has 8 heteroatoms. The quantitative estimate of drug-likeness (QED) is 0.553. The second kappa shape index (κ2) is 9.45. The fourth-order valence-corrected chi connectivity index (χ4v) is 4.42. The molecule has 1 aliphatic rings. The van der Waals surface area contributed by atoms with Crippen LogP contribution < -0.4 is 10.1 Å². The SMILES string of the molecule is [2H]C([2H])([2H])C1(C(=O)O)CCC(C(=O)Nc2ccc(C)nc2OC(F)F)(c2ccccc2C(C)C)CC1. The fraction of sp³-hybridized carbons (Fsp3) is 0.480. The van der Waals surface area contributed by atoms with Crippen molar-refractivity contribution in [2.45, 2.75) is 71.3 Å². The summed E-state index contributed by atoms with van der Waals surface area (Å²) in [5.41, 5.74) is -1.42. The van der Waals surface area contributed by atoms with Crippen molar-refractivity contribution in [3.05, 3.63) is 53.2 Å². The summed E-state index contributed by atoms with van der Waals surface area (Å²) >= 11 is 0. The molecule has 178 valence electrons. The van der Waals surface area contributed by atoms with Gasteiger partial charge in [0.05, 0.1) is 10.8 Å². The number of carbonyl (C=O) groups is 2. The van der Waals surface area contributed by atoms with Gasteiger partial charge in [0, 0.05) is 9.81 Å². The number of ether oxygens (including phenoxy) is 1. The number of carboxylic acid groups (broad SMARTS) is 1. The van der Waals surface area contributed by atoms with E-state index in [1.165, 1.54) is 12.1 Å². The number of hydrogen-bond donors (Lipinski definition) is 2. The van der Waals surface area contributed by atoms with E-state index in [9.17, 15) is 23.5 Å². The van der Waals surface area contributed by atoms with Gasteiger partial charge in [0.1, 0.15) is 5.69 Å². The number of hydrogen-bond acceptors (Lipinski definition) is 4. The number of carboxylic acids is 1. The Morgan fingerprint density at radius 3 is 2.39 bits per heavy atom. The van der Waals surface area contributed by atoms with Crippen molar-refractivity contribution in [2.24, 2.45) is 5.41 Å². The first-order chi connectivity index (χ1) is 16.7. The third kappa shape index (κ3) is 4.99. The van der Waals surface area contributed by atoms with Crippen molar-refractivity contribution >= 4 is 17.6 Å². The number of anilines is 1. The average molecular weight is 464 g/mol. The average Bonchev–Trinajstić information content (AvgIpc) is 2.79. The van der Waals surface area contributed by atoms with Gasteiger partial charge in [-0.15, -0.1) is 0 Å². The van der Waals surface area contributed by atoms with E-state index < -0.39 is 42.0 Å². The maximum Gasteiger partial charge on any atom is 0.388 e. The molecule has 1 aromatic heterocycles. The number of nitrogens with zero attached hydrogens (tertiary/aromatic N) is 1. The van der Waals surface area contributed by atoms with Crippen molar-refractivity contribution in [1.82, 2.24) is 4.98 Å². The number of aromatic nitrogens is 1. The van der Waals surface area contributed by atoms with Gasteiger partial charge in [-0.25, -0.2) is 4.98 Å². The summed E-state index contributed by atoms with van der Waals surface area (Å²) in [5, 5.41) is 12.5. The molecule has 0 spiro atoms. The number of alkyl halides is 2. The van der Waals surface area contributed by atoms with Gasteiger partial charge in [-0.1, -0.05) is 38.1 Å². The van der Waals surface area contributed by atoms with Gasteiger partial charge in [0.15, 0.2) is 0 Å². The lowest BCUT2D eigenvalue weighted by Crippen LogP contribution is -2.47. The first-order valence-electron chi connectivity index (χ1n) is 12.3. The zero-order valence-electron chi connectivity index (χ0n) is 21.8. The molecule has 1 amide bonds. The van der Waals surface area contributed by atoms with Gasteiger partial charge in [0.2, 0.25) is 11.8 Å². The van der Waals surface area contributed by atoms with Gasteiger partial charge in [0.25, 0.3) is 0 Å². The van der Waals surface area contributed by atoms with Crippen LogP contribution in [0.2, 0.25) is 0 Å². The number of aryl methyl sites for hydroxylation is 1. The zero-order valence-corrected chi connectivity index (χ0v) is 18.8. The number of amides is 1. The molecule has 0 unspecified atom stereocenters. The van der Waals surface area contributed by atoms with E-state index in [-0.39, 0.29) is 37.3 Å². The molecule has 3 rings (SSSR count). The lowest BCUT2D eigenvalue weighted by Gasteiger charge is -2.43. The van der Waals surface area contributed by atoms with Gasteiger partial charge in [-0.3, -0.25) is 9.59 Å². The van der Waals surface area contributed by atoms with Crippen LogP contribution in [0.3, 0.4) is 0 Å². The maximum atomic E-state index is 13.9. The summed E-state index contributed by atoms with van der Waals surface area (Å²) in [4.78, 5) is 30.0. The van der Waals surface area contributed by atoms with Crippen LogP contribution in [-0.2, 0) is 15.0 Å². The molecule has 6 nitrogen and oxygen atoms in total. The van der Waals surface area contributed by atoms with Crippen LogP contribution >= 0.6 is 0 Å². The van der Waals surface area contributed by atoms with Crippen LogP contribution in [0, 0.1) is 12.3 Å². The standard InChI is InChI=1S/C25H30F2N2O4/c1-15(2)17-7-5-6-8-18(17)25(13-11-24(4,12-14-25)22(31)32)21(30)29-19-10-9-16(3)28-20(19)33-23(26)27/h5-10,15,23H,11-14H2,1-4H3,(H,29,30)(H,31,32)/i4D3. The van der Waals surface area contributed by atoms with E-state index in [1.54, 1.807) is 19.1 Å². The molecule has 1 fully saturated rings. The van der Waals surface area contributed by atoms with Gasteiger partial charge in [-0.05, 0) is 68.6 Å². The summed E-state index contributed by atoms with van der Waals surface area (Å²) in [6.07, 6.45) is -0.633. The summed E-state index contributed by atoms with van der Waals surface area (Å²) in [6.45, 7) is -0.425. The lowest BCUT2D eigenvalue weighted by atomic mass is 9.60. The van der Waals surface area contributed by atoms with Crippen LogP contribution in [0.4, 0.5) is 14.5 Å². The molecule has 1 aromatic carbocycles. The second-order valence-corrected chi connectivity index (χ2v) is 8.85. The molecular weight excluding hydrogens is 430 g/mol. The highest BCUT2D eigenvalue weighted by atomic mass is 19.3. The first kappa shape index (κ1) is 20.6. The molecule has 0 radical (unpaired) electrons. The van der Waals surface area contributed by atoms with Crippen LogP contribution in [0.5, 0.6) is 5.88 Å². The minimum Gasteiger partial charge on any atom is -0.481 e. The van der Waals surface area contributed by atoms with Crippen molar-refractivity contribution < 1.29 is 32.3 Å². The maximum absolute atomic E-state index is 13.9. The number of aliphatic carboxylic acids is 1. The topological polar surface area (TPSA) is 88.5 Å². The number of carbonyl (C=O) groups excluding carboxylic acids is 1. The number of halogens is 2. The molecule has 0 aliphatic heterocycles. The van der Waals surface area contributed by atoms with E-state index in [4.69, 9.17) is 4.11 Å². The largest absolute Gasteiger partial charge is 0.481 e. The molecule has 2 aromatic rings. The Morgan fingerprint density at radius 2 is 1.82 bits per heavy atom. The van der Waals surface area contributed by atoms with E-state index in [2.05, 4.69) is 15.0 Å². The number of nitrogens with one attached hydrogen (secondary N) is 1. The Bertz CT molecular complexity index is 1130. The van der Waals surface area contributed by atoms with E-state index >= 15 is 0 Å². The summed E-state index contributed by atoms with van der Waals surface area (Å²) < 4.78 is 54.2. The highest BCUT2D eigenvalue weighted by Gasteiger charge is 2.50. The van der Waals surface area contributed by atoms with Crippen LogP contribution in [0.1, 0.15) is 73.2 Å². The molecule has 1 saturated carbocycles. The Morgan fingerprint density at radius 1 is 1.15 bits per heavy atom. The minimum atomic E-state index is -3.16. The molecule has 1 heterocycles. The van der Waals surface area contributed by atoms with Gasteiger partial charge in [-0.2, -0.15) is 8.78 Å². The van der Waals surface area contributed by atoms with Gasteiger partial charge >= 0.3 is 12.6 Å². The lowest BCUT2D eigenvalue weighted by molar-refractivity contribution is -0.151. The molecule has 33 heavy (non-hydrogen) atoms. The first-order valence-corrected chi connectivity index (χ1v) is 10.8. The highest BCUT2D eigenvalue weighted by Crippen LogP contribution is 2.49. The summed E-state index contributed by atoms with van der Waals surface area (Å²) in [7, 11) is 0. The Labute approximate surface area is 196 Å². The van der Waals surface area contributed by atoms with Gasteiger partial charge < -0.3 is 15.2 Å². The number of benzene rings is 1. The molecule has 0 saturated heterocycles. The predicted octanol–water partition coefficient (Wildman–Crippen LogP) is 5.66. The van der Waals surface area contributed by atoms with Crippen LogP contribution in [-0.4, -0.2) is 28.6 Å². The number of rotatable bonds is 7. The van der Waals surface area contributed by atoms with Crippen molar-refractivity contribution in [2.75, 3.05) is 5.32 Å². The summed E-state index contributed by atoms with van der Waals surface area (Å²) in [5.74, 6) is -2.42. The highest BCUT2D eigenvalue weighted by molar-refractivity contribution is 6.00. The third-order valence-corrected chi connectivity index (χ3v) is 6.35. The van der Waals surface area contributed by atoms with Crippen molar-refractivity contribution in [1.29, 1.82) is 0 Å². The van der Waals surface area contributed by atoms with Crippen molar-refractivity contribution in [3.8, 4) is 5.88 Å². The molecule has 1 aliphatic carbocycles. The monoisotopic (exact) mass is 463 g/mol. The van der Waals surface area contributed by atoms with Crippen LogP contribution in [0.15, 0.2) is 36.4 Å². The molecule has 2 N–H and O–H groups in total. The Hall–Kier alpha value is -3.03. The number of pyridine rings is 1. The van der Waals surface area contributed by atoms with Crippen LogP contribution in [0.25, 0.3) is 0 Å². The van der Waals surface area contributed by atoms with E-state index in [0.29, 0.717) is 11.3 Å². The van der Waals surface area contributed by atoms with E-state index in [0.717, 1.165) is 5.56 Å². The van der Waals surface area contributed by atoms with E-state index in [1.807, 2.05) is 26.0 Å². The zero-order chi connectivity index (χ0) is 26.9. The normalized spacial score (nSPS) is 24.6. The molecular formula is C25H30F2N2O4. The third-order valence-electron chi connectivity index (χ3n) is 6.35. The fourth-order valence-electron chi connectivity index (χ4n) is 4.42. The predicted molar refractivity (Wildman–Crippen MR) is 121 cm³/mol. The van der Waals surface area contributed by atoms with Crippen molar-refractivity contribution in [3.63, 3.8) is 0 Å². The molecule has 0 atom stereocenters. The molecule has 0 bridgehead atoms. The Kier molecular flexibility index (Phi) is 5.89.